The maximum absolute atomic E-state index is 12.4. The van der Waals surface area contributed by atoms with E-state index in [4.69, 9.17) is 0 Å². The minimum atomic E-state index is 0.0208. The van der Waals surface area contributed by atoms with Gasteiger partial charge in [-0.3, -0.25) is 14.6 Å². The summed E-state index contributed by atoms with van der Waals surface area (Å²) in [6.07, 6.45) is 4.24. The molecule has 1 aliphatic heterocycles. The molecule has 0 fully saturated rings. The number of ketones is 1. The molecule has 0 saturated heterocycles. The van der Waals surface area contributed by atoms with Crippen molar-refractivity contribution < 1.29 is 9.59 Å². The van der Waals surface area contributed by atoms with E-state index in [0.29, 0.717) is 18.4 Å². The summed E-state index contributed by atoms with van der Waals surface area (Å²) in [6.45, 7) is 0. The van der Waals surface area contributed by atoms with Gasteiger partial charge in [-0.05, 0) is 28.8 Å². The number of rotatable bonds is 4. The van der Waals surface area contributed by atoms with E-state index in [1.807, 2.05) is 54.6 Å². The number of hydrogen-bond donors (Lipinski definition) is 1. The van der Waals surface area contributed by atoms with Gasteiger partial charge in [0, 0.05) is 35.6 Å². The highest BCUT2D eigenvalue weighted by atomic mass is 16.1. The molecule has 122 valence electrons. The lowest BCUT2D eigenvalue weighted by atomic mass is 10.00. The molecule has 3 aromatic rings. The fraction of sp³-hybridized carbons (Fsp3) is 0.0952. The summed E-state index contributed by atoms with van der Waals surface area (Å²) in [6, 6.07) is 17.1. The molecule has 0 bridgehead atoms. The smallest absolute Gasteiger partial charge is 0.228 e. The standard InChI is InChI=1S/C21H16N2O2/c24-20(15-4-2-1-3-5-15)9-14-8-18(13-22-12-14)16-6-7-17-11-21(25)23-19(17)10-16/h1-8,10,12-13H,9,11H2,(H,23,25). The van der Waals surface area contributed by atoms with Gasteiger partial charge < -0.3 is 5.32 Å². The van der Waals surface area contributed by atoms with Gasteiger partial charge >= 0.3 is 0 Å². The van der Waals surface area contributed by atoms with Crippen LogP contribution in [-0.4, -0.2) is 16.7 Å². The van der Waals surface area contributed by atoms with Crippen LogP contribution in [0.2, 0.25) is 0 Å². The van der Waals surface area contributed by atoms with Crippen molar-refractivity contribution in [3.63, 3.8) is 0 Å². The van der Waals surface area contributed by atoms with Crippen molar-refractivity contribution in [2.24, 2.45) is 0 Å². The largest absolute Gasteiger partial charge is 0.326 e. The number of benzene rings is 2. The minimum Gasteiger partial charge on any atom is -0.326 e. The van der Waals surface area contributed by atoms with Crippen LogP contribution in [0, 0.1) is 0 Å². The molecule has 4 nitrogen and oxygen atoms in total. The number of nitrogens with zero attached hydrogens (tertiary/aromatic N) is 1. The maximum atomic E-state index is 12.4. The van der Waals surface area contributed by atoms with Gasteiger partial charge in [0.2, 0.25) is 5.91 Å². The van der Waals surface area contributed by atoms with E-state index in [-0.39, 0.29) is 11.7 Å². The van der Waals surface area contributed by atoms with Crippen molar-refractivity contribution in [3.8, 4) is 11.1 Å². The number of fused-ring (bicyclic) bond motifs is 1. The highest BCUT2D eigenvalue weighted by Crippen LogP contribution is 2.29. The molecule has 1 aromatic heterocycles. The molecule has 1 N–H and O–H groups in total. The summed E-state index contributed by atoms with van der Waals surface area (Å²) in [4.78, 5) is 28.1. The van der Waals surface area contributed by atoms with Gasteiger partial charge in [-0.25, -0.2) is 0 Å². The van der Waals surface area contributed by atoms with Crippen molar-refractivity contribution in [3.05, 3.63) is 83.7 Å². The molecule has 0 saturated carbocycles. The highest BCUT2D eigenvalue weighted by Gasteiger charge is 2.18. The molecule has 0 atom stereocenters. The van der Waals surface area contributed by atoms with Gasteiger partial charge in [-0.2, -0.15) is 0 Å². The van der Waals surface area contributed by atoms with Crippen LogP contribution in [0.5, 0.6) is 0 Å². The van der Waals surface area contributed by atoms with Crippen LogP contribution >= 0.6 is 0 Å². The van der Waals surface area contributed by atoms with Crippen molar-refractivity contribution in [1.82, 2.24) is 4.98 Å². The Labute approximate surface area is 145 Å². The van der Waals surface area contributed by atoms with E-state index in [1.165, 1.54) is 0 Å². The van der Waals surface area contributed by atoms with Crippen LogP contribution in [0.25, 0.3) is 11.1 Å². The first-order valence-corrected chi connectivity index (χ1v) is 8.14. The summed E-state index contributed by atoms with van der Waals surface area (Å²) in [5, 5.41) is 2.86. The second kappa shape index (κ2) is 6.32. The van der Waals surface area contributed by atoms with Gasteiger partial charge in [-0.15, -0.1) is 0 Å². The predicted molar refractivity (Wildman–Crippen MR) is 96.5 cm³/mol. The number of aromatic nitrogens is 1. The Kier molecular flexibility index (Phi) is 3.86. The van der Waals surface area contributed by atoms with Crippen LogP contribution in [0.15, 0.2) is 67.0 Å². The third-order valence-corrected chi connectivity index (χ3v) is 4.32. The number of Topliss-reactive ketones (excluding diaryl/α,β-unsaturated/α-hetero) is 1. The Morgan fingerprint density at radius 1 is 1.00 bits per heavy atom. The Morgan fingerprint density at radius 2 is 1.84 bits per heavy atom. The third-order valence-electron chi connectivity index (χ3n) is 4.32. The molecular weight excluding hydrogens is 312 g/mol. The van der Waals surface area contributed by atoms with Crippen LogP contribution in [0.3, 0.4) is 0 Å². The van der Waals surface area contributed by atoms with Crippen molar-refractivity contribution in [2.45, 2.75) is 12.8 Å². The first kappa shape index (κ1) is 15.3. The fourth-order valence-corrected chi connectivity index (χ4v) is 3.05. The van der Waals surface area contributed by atoms with Crippen molar-refractivity contribution >= 4 is 17.4 Å². The van der Waals surface area contributed by atoms with Gasteiger partial charge in [0.1, 0.15) is 0 Å². The lowest BCUT2D eigenvalue weighted by Gasteiger charge is -2.07. The lowest BCUT2D eigenvalue weighted by molar-refractivity contribution is -0.115. The Bertz CT molecular complexity index is 965. The molecule has 4 rings (SSSR count). The Hall–Kier alpha value is -3.27. The molecule has 2 heterocycles. The molecule has 25 heavy (non-hydrogen) atoms. The van der Waals surface area contributed by atoms with Crippen LogP contribution in [0.4, 0.5) is 5.69 Å². The van der Waals surface area contributed by atoms with Gasteiger partial charge in [0.25, 0.3) is 0 Å². The predicted octanol–water partition coefficient (Wildman–Crippen LogP) is 3.67. The average Bonchev–Trinajstić information content (AvgIpc) is 3.02. The van der Waals surface area contributed by atoms with E-state index in [0.717, 1.165) is 27.9 Å². The van der Waals surface area contributed by atoms with Crippen LogP contribution < -0.4 is 5.32 Å². The first-order valence-electron chi connectivity index (χ1n) is 8.14. The molecule has 0 aliphatic carbocycles. The molecule has 0 unspecified atom stereocenters. The number of carbonyl (C=O) groups is 2. The Morgan fingerprint density at radius 3 is 2.68 bits per heavy atom. The number of carbonyl (C=O) groups excluding carboxylic acids is 2. The summed E-state index contributed by atoms with van der Waals surface area (Å²) >= 11 is 0. The zero-order chi connectivity index (χ0) is 17.2. The SMILES string of the molecule is O=C1Cc2ccc(-c3cncc(CC(=O)c4ccccc4)c3)cc2N1. The molecule has 4 heteroatoms. The molecule has 1 aliphatic rings. The van der Waals surface area contributed by atoms with E-state index in [1.54, 1.807) is 12.4 Å². The number of amides is 1. The number of anilines is 1. The van der Waals surface area contributed by atoms with Crippen LogP contribution in [0.1, 0.15) is 21.5 Å². The topological polar surface area (TPSA) is 59.1 Å². The Balaban J connectivity index is 1.59. The average molecular weight is 328 g/mol. The summed E-state index contributed by atoms with van der Waals surface area (Å²) < 4.78 is 0. The molecule has 2 aromatic carbocycles. The second-order valence-electron chi connectivity index (χ2n) is 6.14. The fourth-order valence-electron chi connectivity index (χ4n) is 3.05. The number of pyridine rings is 1. The van der Waals surface area contributed by atoms with Gasteiger partial charge in [-0.1, -0.05) is 42.5 Å². The second-order valence-corrected chi connectivity index (χ2v) is 6.14. The minimum absolute atomic E-state index is 0.0208. The highest BCUT2D eigenvalue weighted by molar-refractivity contribution is 6.00. The quantitative estimate of drug-likeness (QED) is 0.744. The molecular formula is C21H16N2O2. The summed E-state index contributed by atoms with van der Waals surface area (Å²) in [5.41, 5.74) is 5.35. The zero-order valence-electron chi connectivity index (χ0n) is 13.5. The number of hydrogen-bond acceptors (Lipinski definition) is 3. The summed E-state index contributed by atoms with van der Waals surface area (Å²) in [7, 11) is 0. The molecule has 0 spiro atoms. The maximum Gasteiger partial charge on any atom is 0.228 e. The van der Waals surface area contributed by atoms with E-state index in [2.05, 4.69) is 10.3 Å². The molecule has 1 amide bonds. The van der Waals surface area contributed by atoms with Gasteiger partial charge in [0.15, 0.2) is 5.78 Å². The zero-order valence-corrected chi connectivity index (χ0v) is 13.5. The normalized spacial score (nSPS) is 12.6. The summed E-state index contributed by atoms with van der Waals surface area (Å²) in [5.74, 6) is 0.0910. The molecule has 0 radical (unpaired) electrons. The first-order chi connectivity index (χ1) is 12.2. The third kappa shape index (κ3) is 3.19. The number of nitrogens with one attached hydrogen (secondary N) is 1. The van der Waals surface area contributed by atoms with Gasteiger partial charge in [0.05, 0.1) is 6.42 Å². The monoisotopic (exact) mass is 328 g/mol. The van der Waals surface area contributed by atoms with E-state index >= 15 is 0 Å². The van der Waals surface area contributed by atoms with Crippen molar-refractivity contribution in [2.75, 3.05) is 5.32 Å². The van der Waals surface area contributed by atoms with E-state index in [9.17, 15) is 9.59 Å². The van der Waals surface area contributed by atoms with Crippen LogP contribution in [-0.2, 0) is 17.6 Å². The van der Waals surface area contributed by atoms with Crippen molar-refractivity contribution in [1.29, 1.82) is 0 Å². The lowest BCUT2D eigenvalue weighted by Crippen LogP contribution is -2.04. The van der Waals surface area contributed by atoms with E-state index < -0.39 is 0 Å².